The molecule has 1 atom stereocenters. The highest BCUT2D eigenvalue weighted by molar-refractivity contribution is 5.95. The molecule has 2 amide bonds. The first-order valence-electron chi connectivity index (χ1n) is 6.23. The molecular formula is C14H18N2O3. The fourth-order valence-electron chi connectivity index (χ4n) is 2.27. The van der Waals surface area contributed by atoms with Gasteiger partial charge < -0.3 is 10.0 Å². The molecule has 5 nitrogen and oxygen atoms in total. The maximum absolute atomic E-state index is 12.2. The largest absolute Gasteiger partial charge is 0.481 e. The van der Waals surface area contributed by atoms with Gasteiger partial charge in [-0.1, -0.05) is 6.07 Å². The normalized spacial score (nSPS) is 19.1. The minimum atomic E-state index is -0.883. The molecule has 2 rings (SSSR count). The fraction of sp³-hybridized carbons (Fsp3) is 0.429. The predicted molar refractivity (Wildman–Crippen MR) is 72.5 cm³/mol. The smallest absolute Gasteiger partial charge is 0.324 e. The van der Waals surface area contributed by atoms with Crippen LogP contribution in [0.3, 0.4) is 0 Å². The number of carbonyl (C=O) groups is 2. The van der Waals surface area contributed by atoms with Gasteiger partial charge in [-0.25, -0.2) is 4.79 Å². The van der Waals surface area contributed by atoms with Crippen molar-refractivity contribution in [3.05, 3.63) is 29.3 Å². The summed E-state index contributed by atoms with van der Waals surface area (Å²) in [6.07, 6.45) is -0.0242. The van der Waals surface area contributed by atoms with E-state index in [-0.39, 0.29) is 18.5 Å². The van der Waals surface area contributed by atoms with Crippen LogP contribution < -0.4 is 4.90 Å². The van der Waals surface area contributed by atoms with Gasteiger partial charge in [-0.05, 0) is 37.1 Å². The van der Waals surface area contributed by atoms with Gasteiger partial charge in [0.25, 0.3) is 0 Å². The number of carboxylic acid groups (broad SMARTS) is 1. The average molecular weight is 262 g/mol. The Morgan fingerprint density at radius 1 is 1.37 bits per heavy atom. The SMILES string of the molecule is Cc1ccc(N2CC(CC(=O)O)N(C)C2=O)cc1C. The lowest BCUT2D eigenvalue weighted by Gasteiger charge is -2.17. The van der Waals surface area contributed by atoms with Crippen LogP contribution in [0.2, 0.25) is 0 Å². The number of anilines is 1. The van der Waals surface area contributed by atoms with Crippen molar-refractivity contribution in [2.75, 3.05) is 18.5 Å². The van der Waals surface area contributed by atoms with E-state index in [4.69, 9.17) is 5.11 Å². The number of amides is 2. The molecule has 1 aliphatic heterocycles. The number of benzene rings is 1. The zero-order valence-electron chi connectivity index (χ0n) is 11.4. The Labute approximate surface area is 112 Å². The number of carboxylic acids is 1. The van der Waals surface area contributed by atoms with E-state index in [9.17, 15) is 9.59 Å². The van der Waals surface area contributed by atoms with E-state index in [1.165, 1.54) is 10.5 Å². The van der Waals surface area contributed by atoms with Crippen molar-refractivity contribution in [1.82, 2.24) is 4.90 Å². The summed E-state index contributed by atoms with van der Waals surface area (Å²) in [6, 6.07) is 5.42. The number of carbonyl (C=O) groups excluding carboxylic acids is 1. The lowest BCUT2D eigenvalue weighted by Crippen LogP contribution is -2.32. The van der Waals surface area contributed by atoms with E-state index in [0.29, 0.717) is 6.54 Å². The van der Waals surface area contributed by atoms with Gasteiger partial charge in [0.05, 0.1) is 12.5 Å². The van der Waals surface area contributed by atoms with Crippen LogP contribution in [0.1, 0.15) is 17.5 Å². The van der Waals surface area contributed by atoms with Gasteiger partial charge in [-0.15, -0.1) is 0 Å². The van der Waals surface area contributed by atoms with Crippen molar-refractivity contribution in [1.29, 1.82) is 0 Å². The summed E-state index contributed by atoms with van der Waals surface area (Å²) in [4.78, 5) is 26.1. The van der Waals surface area contributed by atoms with Gasteiger partial charge >= 0.3 is 12.0 Å². The van der Waals surface area contributed by atoms with Crippen LogP contribution in [0.25, 0.3) is 0 Å². The summed E-state index contributed by atoms with van der Waals surface area (Å²) in [6.45, 7) is 4.44. The second-order valence-electron chi connectivity index (χ2n) is 5.02. The third kappa shape index (κ3) is 2.54. The van der Waals surface area contributed by atoms with E-state index in [2.05, 4.69) is 0 Å². The average Bonchev–Trinajstić information content (AvgIpc) is 2.60. The Balaban J connectivity index is 2.23. The van der Waals surface area contributed by atoms with E-state index in [0.717, 1.165) is 11.3 Å². The Morgan fingerprint density at radius 2 is 2.05 bits per heavy atom. The number of hydrogen-bond donors (Lipinski definition) is 1. The van der Waals surface area contributed by atoms with E-state index < -0.39 is 5.97 Å². The van der Waals surface area contributed by atoms with E-state index >= 15 is 0 Å². The van der Waals surface area contributed by atoms with Gasteiger partial charge in [0.1, 0.15) is 0 Å². The van der Waals surface area contributed by atoms with Gasteiger partial charge in [0, 0.05) is 19.3 Å². The Kier molecular flexibility index (Phi) is 3.46. The molecule has 102 valence electrons. The molecule has 19 heavy (non-hydrogen) atoms. The van der Waals surface area contributed by atoms with E-state index in [1.54, 1.807) is 11.9 Å². The van der Waals surface area contributed by atoms with Crippen LogP contribution in [-0.4, -0.2) is 41.6 Å². The summed E-state index contributed by atoms with van der Waals surface area (Å²) < 4.78 is 0. The third-order valence-electron chi connectivity index (χ3n) is 3.69. The summed E-state index contributed by atoms with van der Waals surface area (Å²) in [5.41, 5.74) is 3.12. The van der Waals surface area contributed by atoms with E-state index in [1.807, 2.05) is 32.0 Å². The molecule has 5 heteroatoms. The van der Waals surface area contributed by atoms with Crippen molar-refractivity contribution < 1.29 is 14.7 Å². The summed E-state index contributed by atoms with van der Waals surface area (Å²) in [7, 11) is 1.65. The maximum atomic E-state index is 12.2. The molecule has 1 aliphatic rings. The van der Waals surface area contributed by atoms with Gasteiger partial charge in [-0.2, -0.15) is 0 Å². The van der Waals surface area contributed by atoms with Crippen molar-refractivity contribution >= 4 is 17.7 Å². The lowest BCUT2D eigenvalue weighted by atomic mass is 10.1. The Morgan fingerprint density at radius 3 is 2.63 bits per heavy atom. The van der Waals surface area contributed by atoms with Crippen LogP contribution in [-0.2, 0) is 4.79 Å². The van der Waals surface area contributed by atoms with Crippen molar-refractivity contribution in [2.24, 2.45) is 0 Å². The number of rotatable bonds is 3. The molecule has 1 saturated heterocycles. The first kappa shape index (κ1) is 13.4. The highest BCUT2D eigenvalue weighted by Crippen LogP contribution is 2.26. The van der Waals surface area contributed by atoms with Gasteiger partial charge in [-0.3, -0.25) is 9.69 Å². The molecule has 1 aromatic rings. The van der Waals surface area contributed by atoms with Crippen LogP contribution in [0.5, 0.6) is 0 Å². The first-order valence-corrected chi connectivity index (χ1v) is 6.23. The molecule has 0 aliphatic carbocycles. The van der Waals surface area contributed by atoms with Crippen molar-refractivity contribution in [2.45, 2.75) is 26.3 Å². The number of aryl methyl sites for hydroxylation is 2. The monoisotopic (exact) mass is 262 g/mol. The number of likely N-dealkylation sites (N-methyl/N-ethyl adjacent to an activating group) is 1. The van der Waals surface area contributed by atoms with Gasteiger partial charge in [0.2, 0.25) is 0 Å². The highest BCUT2D eigenvalue weighted by Gasteiger charge is 2.36. The Hall–Kier alpha value is -2.04. The maximum Gasteiger partial charge on any atom is 0.324 e. The summed E-state index contributed by atoms with van der Waals surface area (Å²) in [5.74, 6) is -0.883. The fourth-order valence-corrected chi connectivity index (χ4v) is 2.27. The quantitative estimate of drug-likeness (QED) is 0.906. The zero-order chi connectivity index (χ0) is 14.2. The first-order chi connectivity index (χ1) is 8.90. The topological polar surface area (TPSA) is 60.9 Å². The lowest BCUT2D eigenvalue weighted by molar-refractivity contribution is -0.137. The molecule has 0 aromatic heterocycles. The molecule has 0 spiro atoms. The Bertz CT molecular complexity index is 527. The number of aliphatic carboxylic acids is 1. The third-order valence-corrected chi connectivity index (χ3v) is 3.69. The molecule has 0 radical (unpaired) electrons. The molecule has 1 N–H and O–H groups in total. The van der Waals surface area contributed by atoms with Crippen LogP contribution in [0, 0.1) is 13.8 Å². The van der Waals surface area contributed by atoms with Crippen LogP contribution in [0.15, 0.2) is 18.2 Å². The highest BCUT2D eigenvalue weighted by atomic mass is 16.4. The molecule has 1 aromatic carbocycles. The second-order valence-corrected chi connectivity index (χ2v) is 5.02. The summed E-state index contributed by atoms with van der Waals surface area (Å²) in [5, 5.41) is 8.86. The molecule has 0 bridgehead atoms. The molecule has 1 unspecified atom stereocenters. The van der Waals surface area contributed by atoms with Crippen LogP contribution in [0.4, 0.5) is 10.5 Å². The number of urea groups is 1. The molecule has 0 saturated carbocycles. The minimum absolute atomic E-state index is 0.0242. The molecule has 1 heterocycles. The second kappa shape index (κ2) is 4.91. The standard InChI is InChI=1S/C14H18N2O3/c1-9-4-5-11(6-10(9)2)16-8-12(7-13(17)18)15(3)14(16)19/h4-6,12H,7-8H2,1-3H3,(H,17,18). The zero-order valence-corrected chi connectivity index (χ0v) is 11.4. The molecule has 1 fully saturated rings. The van der Waals surface area contributed by atoms with Crippen molar-refractivity contribution in [3.63, 3.8) is 0 Å². The van der Waals surface area contributed by atoms with Crippen molar-refractivity contribution in [3.8, 4) is 0 Å². The predicted octanol–water partition coefficient (Wildman–Crippen LogP) is 2.02. The minimum Gasteiger partial charge on any atom is -0.481 e. The number of hydrogen-bond acceptors (Lipinski definition) is 2. The molecular weight excluding hydrogens is 244 g/mol. The number of nitrogens with zero attached hydrogens (tertiary/aromatic N) is 2. The summed E-state index contributed by atoms with van der Waals surface area (Å²) >= 11 is 0. The van der Waals surface area contributed by atoms with Gasteiger partial charge in [0.15, 0.2) is 0 Å². The van der Waals surface area contributed by atoms with Crippen LogP contribution >= 0.6 is 0 Å².